The Morgan fingerprint density at radius 2 is 2.06 bits per heavy atom. The van der Waals surface area contributed by atoms with Crippen molar-refractivity contribution in [1.82, 2.24) is 4.98 Å². The van der Waals surface area contributed by atoms with Gasteiger partial charge in [-0.2, -0.15) is 0 Å². The van der Waals surface area contributed by atoms with E-state index in [-0.39, 0.29) is 12.1 Å². The fourth-order valence-corrected chi connectivity index (χ4v) is 1.91. The molecule has 0 N–H and O–H groups in total. The molecule has 94 valence electrons. The van der Waals surface area contributed by atoms with Gasteiger partial charge in [-0.3, -0.25) is 4.98 Å². The SMILES string of the molecule is Cc1nc2ccc(Cl)cc2cc1C(=O)OC(C)C. The standard InChI is InChI=1S/C14H14ClNO2/c1-8(2)18-14(17)12-7-10-6-11(15)4-5-13(10)16-9(12)3/h4-8H,1-3H3. The van der Waals surface area contributed by atoms with Crippen LogP contribution in [0.5, 0.6) is 0 Å². The normalized spacial score (nSPS) is 10.9. The van der Waals surface area contributed by atoms with Crippen LogP contribution in [0, 0.1) is 6.92 Å². The van der Waals surface area contributed by atoms with Crippen LogP contribution in [0.15, 0.2) is 24.3 Å². The highest BCUT2D eigenvalue weighted by atomic mass is 35.5. The molecule has 1 heterocycles. The van der Waals surface area contributed by atoms with Gasteiger partial charge in [-0.1, -0.05) is 11.6 Å². The molecule has 18 heavy (non-hydrogen) atoms. The van der Waals surface area contributed by atoms with E-state index in [0.29, 0.717) is 16.3 Å². The average molecular weight is 264 g/mol. The van der Waals surface area contributed by atoms with Crippen LogP contribution < -0.4 is 0 Å². The molecule has 4 heteroatoms. The Balaban J connectivity index is 2.51. The molecule has 1 aromatic heterocycles. The van der Waals surface area contributed by atoms with Gasteiger partial charge in [0.1, 0.15) is 0 Å². The summed E-state index contributed by atoms with van der Waals surface area (Å²) in [5, 5.41) is 1.46. The number of halogens is 1. The molecule has 0 aliphatic heterocycles. The number of hydrogen-bond donors (Lipinski definition) is 0. The number of aryl methyl sites for hydroxylation is 1. The molecule has 0 fully saturated rings. The van der Waals surface area contributed by atoms with Crippen molar-refractivity contribution in [2.45, 2.75) is 26.9 Å². The molecule has 0 saturated carbocycles. The summed E-state index contributed by atoms with van der Waals surface area (Å²) in [5.41, 5.74) is 1.96. The summed E-state index contributed by atoms with van der Waals surface area (Å²) in [6, 6.07) is 7.18. The van der Waals surface area contributed by atoms with E-state index in [9.17, 15) is 4.79 Å². The quantitative estimate of drug-likeness (QED) is 0.775. The van der Waals surface area contributed by atoms with Crippen molar-refractivity contribution < 1.29 is 9.53 Å². The third kappa shape index (κ3) is 2.62. The van der Waals surface area contributed by atoms with Crippen molar-refractivity contribution in [3.05, 3.63) is 40.5 Å². The average Bonchev–Trinajstić information content (AvgIpc) is 2.27. The fraction of sp³-hybridized carbons (Fsp3) is 0.286. The molecule has 2 rings (SSSR count). The van der Waals surface area contributed by atoms with E-state index >= 15 is 0 Å². The van der Waals surface area contributed by atoms with Gasteiger partial charge in [-0.15, -0.1) is 0 Å². The number of pyridine rings is 1. The molecule has 0 aliphatic rings. The van der Waals surface area contributed by atoms with Crippen LogP contribution in [0.4, 0.5) is 0 Å². The third-order valence-electron chi connectivity index (χ3n) is 2.53. The van der Waals surface area contributed by atoms with Crippen molar-refractivity contribution in [1.29, 1.82) is 0 Å². The van der Waals surface area contributed by atoms with Crippen LogP contribution in [-0.4, -0.2) is 17.1 Å². The lowest BCUT2D eigenvalue weighted by Crippen LogP contribution is -2.13. The second-order valence-electron chi connectivity index (χ2n) is 4.41. The number of aromatic nitrogens is 1. The molecular formula is C14H14ClNO2. The lowest BCUT2D eigenvalue weighted by atomic mass is 10.1. The number of carbonyl (C=O) groups is 1. The zero-order valence-corrected chi connectivity index (χ0v) is 11.3. The molecule has 2 aromatic rings. The van der Waals surface area contributed by atoms with E-state index in [1.165, 1.54) is 0 Å². The van der Waals surface area contributed by atoms with Crippen LogP contribution in [0.3, 0.4) is 0 Å². The highest BCUT2D eigenvalue weighted by Gasteiger charge is 2.14. The minimum absolute atomic E-state index is 0.146. The van der Waals surface area contributed by atoms with E-state index in [4.69, 9.17) is 16.3 Å². The Kier molecular flexibility index (Phi) is 3.53. The first-order valence-corrected chi connectivity index (χ1v) is 6.13. The number of nitrogens with zero attached hydrogens (tertiary/aromatic N) is 1. The van der Waals surface area contributed by atoms with Gasteiger partial charge in [0, 0.05) is 10.4 Å². The van der Waals surface area contributed by atoms with E-state index in [2.05, 4.69) is 4.98 Å². The molecule has 0 spiro atoms. The molecule has 0 atom stereocenters. The van der Waals surface area contributed by atoms with Crippen LogP contribution in [-0.2, 0) is 4.74 Å². The van der Waals surface area contributed by atoms with Crippen molar-refractivity contribution >= 4 is 28.5 Å². The zero-order valence-electron chi connectivity index (χ0n) is 10.5. The van der Waals surface area contributed by atoms with Crippen LogP contribution in [0.2, 0.25) is 5.02 Å². The van der Waals surface area contributed by atoms with E-state index in [1.807, 2.05) is 19.9 Å². The topological polar surface area (TPSA) is 39.2 Å². The second kappa shape index (κ2) is 4.94. The largest absolute Gasteiger partial charge is 0.459 e. The number of ether oxygens (including phenoxy) is 1. The lowest BCUT2D eigenvalue weighted by molar-refractivity contribution is 0.0377. The Morgan fingerprint density at radius 1 is 1.33 bits per heavy atom. The second-order valence-corrected chi connectivity index (χ2v) is 4.85. The summed E-state index contributed by atoms with van der Waals surface area (Å²) >= 11 is 5.93. The Labute approximate surface area is 111 Å². The highest BCUT2D eigenvalue weighted by Crippen LogP contribution is 2.21. The number of fused-ring (bicyclic) bond motifs is 1. The molecule has 0 radical (unpaired) electrons. The van der Waals surface area contributed by atoms with Gasteiger partial charge in [0.05, 0.1) is 22.9 Å². The third-order valence-corrected chi connectivity index (χ3v) is 2.77. The molecule has 0 bridgehead atoms. The van der Waals surface area contributed by atoms with Crippen LogP contribution in [0.1, 0.15) is 29.9 Å². The molecule has 0 amide bonds. The van der Waals surface area contributed by atoms with Gasteiger partial charge in [-0.05, 0) is 45.0 Å². The van der Waals surface area contributed by atoms with Crippen molar-refractivity contribution in [2.75, 3.05) is 0 Å². The Morgan fingerprint density at radius 3 is 2.72 bits per heavy atom. The molecular weight excluding hydrogens is 250 g/mol. The minimum atomic E-state index is -0.350. The van der Waals surface area contributed by atoms with Gasteiger partial charge >= 0.3 is 5.97 Å². The monoisotopic (exact) mass is 263 g/mol. The maximum atomic E-state index is 11.9. The summed E-state index contributed by atoms with van der Waals surface area (Å²) in [7, 11) is 0. The van der Waals surface area contributed by atoms with E-state index < -0.39 is 0 Å². The summed E-state index contributed by atoms with van der Waals surface area (Å²) in [6.45, 7) is 5.43. The van der Waals surface area contributed by atoms with Crippen molar-refractivity contribution in [3.63, 3.8) is 0 Å². The number of rotatable bonds is 2. The summed E-state index contributed by atoms with van der Waals surface area (Å²) < 4.78 is 5.18. The minimum Gasteiger partial charge on any atom is -0.459 e. The zero-order chi connectivity index (χ0) is 13.3. The summed E-state index contributed by atoms with van der Waals surface area (Å²) in [5.74, 6) is -0.350. The molecule has 0 aliphatic carbocycles. The molecule has 0 saturated heterocycles. The van der Waals surface area contributed by atoms with E-state index in [0.717, 1.165) is 10.9 Å². The van der Waals surface area contributed by atoms with E-state index in [1.54, 1.807) is 25.1 Å². The Bertz CT molecular complexity index is 608. The molecule has 3 nitrogen and oxygen atoms in total. The highest BCUT2D eigenvalue weighted by molar-refractivity contribution is 6.31. The lowest BCUT2D eigenvalue weighted by Gasteiger charge is -2.10. The first-order chi connectivity index (χ1) is 8.47. The molecule has 0 unspecified atom stereocenters. The van der Waals surface area contributed by atoms with Crippen LogP contribution in [0.25, 0.3) is 10.9 Å². The number of benzene rings is 1. The maximum absolute atomic E-state index is 11.9. The summed E-state index contributed by atoms with van der Waals surface area (Å²) in [4.78, 5) is 16.3. The van der Waals surface area contributed by atoms with Crippen molar-refractivity contribution in [2.24, 2.45) is 0 Å². The predicted molar refractivity (Wildman–Crippen MR) is 72.0 cm³/mol. The number of hydrogen-bond acceptors (Lipinski definition) is 3. The smallest absolute Gasteiger partial charge is 0.340 e. The van der Waals surface area contributed by atoms with Gasteiger partial charge in [0.25, 0.3) is 0 Å². The van der Waals surface area contributed by atoms with Gasteiger partial charge in [0.15, 0.2) is 0 Å². The first kappa shape index (κ1) is 12.8. The number of esters is 1. The van der Waals surface area contributed by atoms with Crippen molar-refractivity contribution in [3.8, 4) is 0 Å². The van der Waals surface area contributed by atoms with Gasteiger partial charge < -0.3 is 4.74 Å². The van der Waals surface area contributed by atoms with Gasteiger partial charge in [-0.25, -0.2) is 4.79 Å². The maximum Gasteiger partial charge on any atom is 0.340 e. The number of carbonyl (C=O) groups excluding carboxylic acids is 1. The summed E-state index contributed by atoms with van der Waals surface area (Å²) in [6.07, 6.45) is -0.146. The molecule has 1 aromatic carbocycles. The predicted octanol–water partition coefficient (Wildman–Crippen LogP) is 3.76. The van der Waals surface area contributed by atoms with Crippen LogP contribution >= 0.6 is 11.6 Å². The first-order valence-electron chi connectivity index (χ1n) is 5.75. The van der Waals surface area contributed by atoms with Gasteiger partial charge in [0.2, 0.25) is 0 Å². The fourth-order valence-electron chi connectivity index (χ4n) is 1.73. The Hall–Kier alpha value is -1.61.